The van der Waals surface area contributed by atoms with Gasteiger partial charge in [-0.15, -0.1) is 0 Å². The lowest BCUT2D eigenvalue weighted by Gasteiger charge is -2.20. The molecule has 0 aromatic carbocycles. The van der Waals surface area contributed by atoms with Gasteiger partial charge in [0.1, 0.15) is 0 Å². The molecule has 1 aromatic heterocycles. The number of hydrogen-bond acceptors (Lipinski definition) is 4. The predicted octanol–water partition coefficient (Wildman–Crippen LogP) is 2.19. The number of pyridine rings is 1. The summed E-state index contributed by atoms with van der Waals surface area (Å²) in [4.78, 5) is 8.95. The van der Waals surface area contributed by atoms with Crippen LogP contribution in [0, 0.1) is 11.8 Å². The van der Waals surface area contributed by atoms with E-state index >= 15 is 0 Å². The molecule has 1 unspecified atom stereocenters. The minimum Gasteiger partial charge on any atom is -0.481 e. The van der Waals surface area contributed by atoms with Gasteiger partial charge < -0.3 is 20.5 Å². The number of aliphatic hydroxyl groups excluding tert-OH is 1. The van der Waals surface area contributed by atoms with Crippen molar-refractivity contribution >= 4 is 5.96 Å². The van der Waals surface area contributed by atoms with Crippen LogP contribution in [0.15, 0.2) is 23.2 Å². The number of ether oxygens (including phenoxy) is 1. The Labute approximate surface area is 145 Å². The third-order valence-corrected chi connectivity index (χ3v) is 3.63. The number of hydrogen-bond donors (Lipinski definition) is 3. The van der Waals surface area contributed by atoms with Crippen molar-refractivity contribution in [3.8, 4) is 5.88 Å². The van der Waals surface area contributed by atoms with Crippen LogP contribution in [0.3, 0.4) is 0 Å². The van der Waals surface area contributed by atoms with Crippen LogP contribution in [-0.4, -0.2) is 42.9 Å². The van der Waals surface area contributed by atoms with Crippen molar-refractivity contribution in [2.75, 3.05) is 26.8 Å². The van der Waals surface area contributed by atoms with E-state index in [1.54, 1.807) is 7.11 Å². The zero-order valence-electron chi connectivity index (χ0n) is 15.4. The van der Waals surface area contributed by atoms with E-state index in [1.807, 2.05) is 25.1 Å². The van der Waals surface area contributed by atoms with Gasteiger partial charge in [-0.25, -0.2) is 9.98 Å². The summed E-state index contributed by atoms with van der Waals surface area (Å²) in [6.07, 6.45) is 1.90. The summed E-state index contributed by atoms with van der Waals surface area (Å²) in [5.74, 6) is 2.42. The van der Waals surface area contributed by atoms with Crippen LogP contribution in [0.1, 0.15) is 39.3 Å². The highest BCUT2D eigenvalue weighted by Gasteiger charge is 2.11. The number of rotatable bonds is 10. The fraction of sp³-hybridized carbons (Fsp3) is 0.667. The molecule has 1 aromatic rings. The number of aliphatic hydroxyl groups is 1. The van der Waals surface area contributed by atoms with Crippen molar-refractivity contribution in [1.29, 1.82) is 0 Å². The van der Waals surface area contributed by atoms with Crippen molar-refractivity contribution in [2.24, 2.45) is 16.8 Å². The Morgan fingerprint density at radius 3 is 2.75 bits per heavy atom. The molecule has 1 atom stereocenters. The van der Waals surface area contributed by atoms with Crippen LogP contribution in [-0.2, 0) is 6.54 Å². The molecule has 1 heterocycles. The molecule has 24 heavy (non-hydrogen) atoms. The first-order valence-corrected chi connectivity index (χ1v) is 8.72. The summed E-state index contributed by atoms with van der Waals surface area (Å²) >= 11 is 0. The van der Waals surface area contributed by atoms with Crippen LogP contribution in [0.25, 0.3) is 0 Å². The Hall–Kier alpha value is -1.82. The summed E-state index contributed by atoms with van der Waals surface area (Å²) in [6.45, 7) is 8.76. The van der Waals surface area contributed by atoms with Crippen molar-refractivity contribution < 1.29 is 9.84 Å². The third kappa shape index (κ3) is 8.15. The van der Waals surface area contributed by atoms with Crippen molar-refractivity contribution in [3.05, 3.63) is 23.9 Å². The first kappa shape index (κ1) is 20.2. The standard InChI is InChI=1S/C18H32N4O2/c1-5-19-18(20-12-15(9-10-23)11-14(2)3)21-13-16-7-6-8-17(22-16)24-4/h6-8,14-15,23H,5,9-13H2,1-4H3,(H2,19,20,21). The number of nitrogens with zero attached hydrogens (tertiary/aromatic N) is 2. The molecule has 0 fully saturated rings. The third-order valence-electron chi connectivity index (χ3n) is 3.63. The number of methoxy groups -OCH3 is 1. The fourth-order valence-corrected chi connectivity index (χ4v) is 2.55. The van der Waals surface area contributed by atoms with Gasteiger partial charge in [-0.2, -0.15) is 0 Å². The first-order chi connectivity index (χ1) is 11.6. The lowest BCUT2D eigenvalue weighted by molar-refractivity contribution is 0.243. The van der Waals surface area contributed by atoms with Gasteiger partial charge in [0, 0.05) is 25.8 Å². The Morgan fingerprint density at radius 2 is 2.12 bits per heavy atom. The second-order valence-electron chi connectivity index (χ2n) is 6.26. The molecular formula is C18H32N4O2. The van der Waals surface area contributed by atoms with Gasteiger partial charge >= 0.3 is 0 Å². The van der Waals surface area contributed by atoms with E-state index in [-0.39, 0.29) is 6.61 Å². The highest BCUT2D eigenvalue weighted by molar-refractivity contribution is 5.79. The molecule has 1 rings (SSSR count). The number of aliphatic imine (C=N–C) groups is 1. The highest BCUT2D eigenvalue weighted by Crippen LogP contribution is 2.14. The summed E-state index contributed by atoms with van der Waals surface area (Å²) in [6, 6.07) is 5.67. The predicted molar refractivity (Wildman–Crippen MR) is 98.3 cm³/mol. The molecule has 3 N–H and O–H groups in total. The van der Waals surface area contributed by atoms with Gasteiger partial charge in [0.15, 0.2) is 5.96 Å². The molecule has 0 amide bonds. The van der Waals surface area contributed by atoms with Crippen LogP contribution in [0.5, 0.6) is 5.88 Å². The fourth-order valence-electron chi connectivity index (χ4n) is 2.55. The summed E-state index contributed by atoms with van der Waals surface area (Å²) < 4.78 is 5.14. The van der Waals surface area contributed by atoms with E-state index < -0.39 is 0 Å². The van der Waals surface area contributed by atoms with Gasteiger partial charge in [-0.3, -0.25) is 0 Å². The molecule has 0 spiro atoms. The number of guanidine groups is 1. The molecule has 0 bridgehead atoms. The average molecular weight is 336 g/mol. The molecule has 6 heteroatoms. The Bertz CT molecular complexity index is 492. The van der Waals surface area contributed by atoms with Gasteiger partial charge in [0.05, 0.1) is 19.3 Å². The van der Waals surface area contributed by atoms with Gasteiger partial charge in [-0.1, -0.05) is 19.9 Å². The van der Waals surface area contributed by atoms with Crippen LogP contribution in [0.4, 0.5) is 0 Å². The molecular weight excluding hydrogens is 304 g/mol. The van der Waals surface area contributed by atoms with Crippen molar-refractivity contribution in [1.82, 2.24) is 15.6 Å². The maximum absolute atomic E-state index is 9.23. The normalized spacial score (nSPS) is 13.0. The quantitative estimate of drug-likeness (QED) is 0.451. The Kier molecular flexibility index (Phi) is 9.84. The summed E-state index contributed by atoms with van der Waals surface area (Å²) in [5, 5.41) is 15.9. The smallest absolute Gasteiger partial charge is 0.213 e. The van der Waals surface area contributed by atoms with Gasteiger partial charge in [0.25, 0.3) is 0 Å². The van der Waals surface area contributed by atoms with E-state index in [0.717, 1.165) is 37.6 Å². The minimum absolute atomic E-state index is 0.223. The maximum atomic E-state index is 9.23. The molecule has 0 aliphatic heterocycles. The van der Waals surface area contributed by atoms with Gasteiger partial charge in [-0.05, 0) is 37.7 Å². The average Bonchev–Trinajstić information content (AvgIpc) is 2.57. The molecule has 136 valence electrons. The largest absolute Gasteiger partial charge is 0.481 e. The van der Waals surface area contributed by atoms with Crippen molar-refractivity contribution in [3.63, 3.8) is 0 Å². The Morgan fingerprint density at radius 1 is 1.33 bits per heavy atom. The van der Waals surface area contributed by atoms with Crippen LogP contribution in [0.2, 0.25) is 0 Å². The van der Waals surface area contributed by atoms with E-state index in [9.17, 15) is 5.11 Å². The zero-order chi connectivity index (χ0) is 17.8. The summed E-state index contributed by atoms with van der Waals surface area (Å²) in [5.41, 5.74) is 0.862. The van der Waals surface area contributed by atoms with Crippen LogP contribution < -0.4 is 15.4 Å². The second kappa shape index (κ2) is 11.7. The zero-order valence-corrected chi connectivity index (χ0v) is 15.4. The summed E-state index contributed by atoms with van der Waals surface area (Å²) in [7, 11) is 1.61. The van der Waals surface area contributed by atoms with Gasteiger partial charge in [0.2, 0.25) is 5.88 Å². The highest BCUT2D eigenvalue weighted by atomic mass is 16.5. The first-order valence-electron chi connectivity index (χ1n) is 8.72. The molecule has 0 aliphatic carbocycles. The minimum atomic E-state index is 0.223. The van der Waals surface area contributed by atoms with E-state index in [2.05, 4.69) is 34.5 Å². The maximum Gasteiger partial charge on any atom is 0.213 e. The van der Waals surface area contributed by atoms with E-state index in [1.165, 1.54) is 0 Å². The van der Waals surface area contributed by atoms with E-state index in [0.29, 0.717) is 24.3 Å². The molecule has 6 nitrogen and oxygen atoms in total. The molecule has 0 saturated heterocycles. The second-order valence-corrected chi connectivity index (χ2v) is 6.26. The number of nitrogens with one attached hydrogen (secondary N) is 2. The van der Waals surface area contributed by atoms with E-state index in [4.69, 9.17) is 4.74 Å². The van der Waals surface area contributed by atoms with Crippen molar-refractivity contribution in [2.45, 2.75) is 40.2 Å². The molecule has 0 radical (unpaired) electrons. The Balaban J connectivity index is 2.63. The topological polar surface area (TPSA) is 78.8 Å². The lowest BCUT2D eigenvalue weighted by Crippen LogP contribution is -2.40. The van der Waals surface area contributed by atoms with Crippen LogP contribution >= 0.6 is 0 Å². The monoisotopic (exact) mass is 336 g/mol. The number of aromatic nitrogens is 1. The SMILES string of the molecule is CCNC(=NCc1cccc(OC)n1)NCC(CCO)CC(C)C. The molecule has 0 saturated carbocycles. The molecule has 0 aliphatic rings. The lowest BCUT2D eigenvalue weighted by atomic mass is 9.94.